The molecule has 5 atom stereocenters. The molecule has 0 aromatic heterocycles. The molecule has 8 heteroatoms. The maximum absolute atomic E-state index is 12.2. The van der Waals surface area contributed by atoms with Crippen LogP contribution < -0.4 is 0 Å². The number of fused-ring (bicyclic) bond motifs is 2. The molecule has 0 amide bonds. The van der Waals surface area contributed by atoms with Crippen LogP contribution >= 0.6 is 0 Å². The number of hydrogen-bond donors (Lipinski definition) is 2. The van der Waals surface area contributed by atoms with E-state index in [4.69, 9.17) is 13.7 Å². The molecule has 2 aliphatic heterocycles. The fourth-order valence-electron chi connectivity index (χ4n) is 2.39. The molecule has 1 aromatic carbocycles. The summed E-state index contributed by atoms with van der Waals surface area (Å²) in [5.41, 5.74) is 0.914. The van der Waals surface area contributed by atoms with E-state index in [1.807, 2.05) is 6.92 Å². The molecule has 0 saturated carbocycles. The van der Waals surface area contributed by atoms with Gasteiger partial charge in [0.15, 0.2) is 6.29 Å². The average Bonchev–Trinajstić information content (AvgIpc) is 2.89. The summed E-state index contributed by atoms with van der Waals surface area (Å²) in [7, 11) is -4.06. The molecule has 2 saturated heterocycles. The minimum Gasteiger partial charge on any atom is -0.387 e. The van der Waals surface area contributed by atoms with E-state index >= 15 is 0 Å². The summed E-state index contributed by atoms with van der Waals surface area (Å²) in [4.78, 5) is -0.0178. The van der Waals surface area contributed by atoms with Crippen LogP contribution in [0.25, 0.3) is 0 Å². The topological polar surface area (TPSA) is 102 Å². The highest BCUT2D eigenvalue weighted by Crippen LogP contribution is 2.31. The van der Waals surface area contributed by atoms with Gasteiger partial charge in [0, 0.05) is 0 Å². The number of aliphatic hydroxyl groups is 2. The van der Waals surface area contributed by atoms with Crippen LogP contribution in [0.3, 0.4) is 0 Å². The zero-order chi connectivity index (χ0) is 15.2. The molecule has 2 bridgehead atoms. The van der Waals surface area contributed by atoms with Gasteiger partial charge in [-0.25, -0.2) is 0 Å². The summed E-state index contributed by atoms with van der Waals surface area (Å²) < 4.78 is 39.9. The highest BCUT2D eigenvalue weighted by atomic mass is 32.2. The predicted octanol–water partition coefficient (Wildman–Crippen LogP) is -0.454. The molecule has 0 aliphatic carbocycles. The first-order valence-electron chi connectivity index (χ1n) is 6.51. The number of aryl methyl sites for hydroxylation is 1. The number of aliphatic hydroxyl groups excluding tert-OH is 2. The van der Waals surface area contributed by atoms with Gasteiger partial charge in [-0.3, -0.25) is 4.18 Å². The standard InChI is InChI=1S/C13H16O7S/c1-7-2-4-8(5-3-7)21(16,17)20-12-9-6-18-13(19-9)11(15)10(12)14/h2-5,9-15H,6H2,1H3. The van der Waals surface area contributed by atoms with Crippen molar-refractivity contribution in [3.8, 4) is 0 Å². The van der Waals surface area contributed by atoms with Gasteiger partial charge >= 0.3 is 0 Å². The van der Waals surface area contributed by atoms with E-state index < -0.39 is 40.8 Å². The van der Waals surface area contributed by atoms with Crippen molar-refractivity contribution in [3.05, 3.63) is 29.8 Å². The average molecular weight is 316 g/mol. The van der Waals surface area contributed by atoms with Crippen LogP contribution in [-0.2, 0) is 23.8 Å². The zero-order valence-electron chi connectivity index (χ0n) is 11.2. The lowest BCUT2D eigenvalue weighted by Crippen LogP contribution is -2.55. The molecule has 5 unspecified atom stereocenters. The zero-order valence-corrected chi connectivity index (χ0v) is 12.1. The van der Waals surface area contributed by atoms with Crippen LogP contribution in [0.4, 0.5) is 0 Å². The molecular formula is C13H16O7S. The Bertz CT molecular complexity index is 612. The maximum Gasteiger partial charge on any atom is 0.297 e. The second-order valence-electron chi connectivity index (χ2n) is 5.19. The molecule has 2 N–H and O–H groups in total. The van der Waals surface area contributed by atoms with E-state index in [1.165, 1.54) is 12.1 Å². The highest BCUT2D eigenvalue weighted by molar-refractivity contribution is 7.86. The third-order valence-electron chi connectivity index (χ3n) is 3.61. The Morgan fingerprint density at radius 3 is 2.52 bits per heavy atom. The third-order valence-corrected chi connectivity index (χ3v) is 4.94. The second-order valence-corrected chi connectivity index (χ2v) is 6.76. The Morgan fingerprint density at radius 1 is 1.19 bits per heavy atom. The molecule has 7 nitrogen and oxygen atoms in total. The van der Waals surface area contributed by atoms with Crippen molar-refractivity contribution in [2.24, 2.45) is 0 Å². The lowest BCUT2D eigenvalue weighted by molar-refractivity contribution is -0.222. The summed E-state index contributed by atoms with van der Waals surface area (Å²) >= 11 is 0. The van der Waals surface area contributed by atoms with Crippen molar-refractivity contribution in [1.29, 1.82) is 0 Å². The molecule has 0 spiro atoms. The van der Waals surface area contributed by atoms with Crippen molar-refractivity contribution >= 4 is 10.1 Å². The van der Waals surface area contributed by atoms with Gasteiger partial charge in [-0.15, -0.1) is 0 Å². The summed E-state index contributed by atoms with van der Waals surface area (Å²) in [6, 6.07) is 6.14. The van der Waals surface area contributed by atoms with Crippen LogP contribution in [-0.4, -0.2) is 55.9 Å². The Kier molecular flexibility index (Phi) is 3.76. The van der Waals surface area contributed by atoms with Gasteiger partial charge in [-0.1, -0.05) is 17.7 Å². The lowest BCUT2D eigenvalue weighted by atomic mass is 10.0. The van der Waals surface area contributed by atoms with E-state index in [0.717, 1.165) is 5.56 Å². The van der Waals surface area contributed by atoms with Gasteiger partial charge in [0.1, 0.15) is 24.4 Å². The van der Waals surface area contributed by atoms with Crippen LogP contribution in [0, 0.1) is 6.92 Å². The van der Waals surface area contributed by atoms with Crippen LogP contribution in [0.2, 0.25) is 0 Å². The Balaban J connectivity index is 1.83. The number of hydrogen-bond acceptors (Lipinski definition) is 7. The normalized spacial score (nSPS) is 35.9. The van der Waals surface area contributed by atoms with Crippen molar-refractivity contribution in [3.63, 3.8) is 0 Å². The van der Waals surface area contributed by atoms with Crippen molar-refractivity contribution in [2.75, 3.05) is 6.61 Å². The molecule has 116 valence electrons. The smallest absolute Gasteiger partial charge is 0.297 e. The minimum absolute atomic E-state index is 0.0178. The monoisotopic (exact) mass is 316 g/mol. The van der Waals surface area contributed by atoms with Gasteiger partial charge in [-0.2, -0.15) is 8.42 Å². The largest absolute Gasteiger partial charge is 0.387 e. The summed E-state index contributed by atoms with van der Waals surface area (Å²) in [6.45, 7) is 1.90. The van der Waals surface area contributed by atoms with Gasteiger partial charge in [0.25, 0.3) is 10.1 Å². The Morgan fingerprint density at radius 2 is 1.86 bits per heavy atom. The summed E-state index contributed by atoms with van der Waals surface area (Å²) in [6.07, 6.45) is -5.61. The fourth-order valence-corrected chi connectivity index (χ4v) is 3.50. The van der Waals surface area contributed by atoms with E-state index in [2.05, 4.69) is 0 Å². The quantitative estimate of drug-likeness (QED) is 0.728. The summed E-state index contributed by atoms with van der Waals surface area (Å²) in [5, 5.41) is 19.7. The molecule has 1 aromatic rings. The van der Waals surface area contributed by atoms with E-state index in [1.54, 1.807) is 12.1 Å². The molecule has 2 aliphatic rings. The van der Waals surface area contributed by atoms with Gasteiger partial charge in [0.05, 0.1) is 11.5 Å². The first-order chi connectivity index (χ1) is 9.88. The number of benzene rings is 1. The van der Waals surface area contributed by atoms with E-state index in [-0.39, 0.29) is 11.5 Å². The molecule has 2 heterocycles. The highest BCUT2D eigenvalue weighted by Gasteiger charge is 2.51. The van der Waals surface area contributed by atoms with Gasteiger partial charge < -0.3 is 19.7 Å². The van der Waals surface area contributed by atoms with Crippen LogP contribution in [0.5, 0.6) is 0 Å². The lowest BCUT2D eigenvalue weighted by Gasteiger charge is -2.34. The van der Waals surface area contributed by atoms with Gasteiger partial charge in [0.2, 0.25) is 0 Å². The third kappa shape index (κ3) is 2.70. The van der Waals surface area contributed by atoms with E-state index in [9.17, 15) is 18.6 Å². The van der Waals surface area contributed by atoms with Crippen molar-refractivity contribution in [2.45, 2.75) is 42.5 Å². The maximum atomic E-state index is 12.2. The predicted molar refractivity (Wildman–Crippen MR) is 69.9 cm³/mol. The van der Waals surface area contributed by atoms with Crippen LogP contribution in [0.15, 0.2) is 29.2 Å². The van der Waals surface area contributed by atoms with Gasteiger partial charge in [-0.05, 0) is 19.1 Å². The van der Waals surface area contributed by atoms with E-state index in [0.29, 0.717) is 0 Å². The molecule has 21 heavy (non-hydrogen) atoms. The SMILES string of the molecule is Cc1ccc(S(=O)(=O)OC2C3COC(O3)C(O)C2O)cc1. The fraction of sp³-hybridized carbons (Fsp3) is 0.538. The molecule has 3 rings (SSSR count). The first kappa shape index (κ1) is 14.9. The Labute approximate surface area is 122 Å². The first-order valence-corrected chi connectivity index (χ1v) is 7.92. The number of rotatable bonds is 3. The number of ether oxygens (including phenoxy) is 2. The van der Waals surface area contributed by atoms with Crippen LogP contribution in [0.1, 0.15) is 5.56 Å². The Hall–Kier alpha value is -1.03. The molecule has 2 fully saturated rings. The van der Waals surface area contributed by atoms with Crippen molar-refractivity contribution < 1.29 is 32.3 Å². The molecular weight excluding hydrogens is 300 g/mol. The molecule has 0 radical (unpaired) electrons. The van der Waals surface area contributed by atoms with Crippen molar-refractivity contribution in [1.82, 2.24) is 0 Å². The minimum atomic E-state index is -4.06. The second kappa shape index (κ2) is 5.31. The summed E-state index contributed by atoms with van der Waals surface area (Å²) in [5.74, 6) is 0.